The van der Waals surface area contributed by atoms with Crippen LogP contribution in [0.3, 0.4) is 0 Å². The Kier molecular flexibility index (Phi) is 7.77. The highest BCUT2D eigenvalue weighted by Crippen LogP contribution is 2.03. The van der Waals surface area contributed by atoms with Crippen molar-refractivity contribution < 1.29 is 0 Å². The van der Waals surface area contributed by atoms with E-state index in [4.69, 9.17) is 0 Å². The maximum Gasteiger partial charge on any atom is 0.191 e. The molecule has 5 nitrogen and oxygen atoms in total. The molecule has 1 atom stereocenters. The second kappa shape index (κ2) is 9.39. The molecule has 20 heavy (non-hydrogen) atoms. The lowest BCUT2D eigenvalue weighted by atomic mass is 10.1. The van der Waals surface area contributed by atoms with Gasteiger partial charge in [0.25, 0.3) is 0 Å². The van der Waals surface area contributed by atoms with E-state index < -0.39 is 0 Å². The molecule has 0 aliphatic rings. The predicted octanol–water partition coefficient (Wildman–Crippen LogP) is 2.44. The van der Waals surface area contributed by atoms with Crippen LogP contribution in [0.5, 0.6) is 0 Å². The molecule has 0 spiro atoms. The maximum atomic E-state index is 4.62. The molecular weight excluding hydrogens is 250 g/mol. The van der Waals surface area contributed by atoms with Crippen LogP contribution in [0.25, 0.3) is 0 Å². The number of aryl methyl sites for hydroxylation is 1. The van der Waals surface area contributed by atoms with Gasteiger partial charge in [-0.2, -0.15) is 5.10 Å². The topological polar surface area (TPSA) is 54.2 Å². The third-order valence-corrected chi connectivity index (χ3v) is 3.29. The number of aromatic nitrogens is 2. The van der Waals surface area contributed by atoms with Gasteiger partial charge in [-0.15, -0.1) is 0 Å². The molecule has 1 aromatic rings. The first kappa shape index (κ1) is 16.5. The summed E-state index contributed by atoms with van der Waals surface area (Å²) in [6.45, 7) is 8.06. The first-order valence-corrected chi connectivity index (χ1v) is 7.69. The fraction of sp³-hybridized carbons (Fsp3) is 0.733. The number of hydrogen-bond donors (Lipinski definition) is 2. The summed E-state index contributed by atoms with van der Waals surface area (Å²) in [5.41, 5.74) is 1.11. The highest BCUT2D eigenvalue weighted by Gasteiger charge is 2.05. The van der Waals surface area contributed by atoms with Crippen molar-refractivity contribution in [3.63, 3.8) is 0 Å². The van der Waals surface area contributed by atoms with Crippen molar-refractivity contribution in [2.75, 3.05) is 6.54 Å². The van der Waals surface area contributed by atoms with Gasteiger partial charge in [-0.1, -0.05) is 26.2 Å². The lowest BCUT2D eigenvalue weighted by Crippen LogP contribution is -2.42. The van der Waals surface area contributed by atoms with Crippen LogP contribution in [0.4, 0.5) is 0 Å². The van der Waals surface area contributed by atoms with Gasteiger partial charge in [0.2, 0.25) is 0 Å². The first-order chi connectivity index (χ1) is 9.67. The minimum absolute atomic E-state index is 0.450. The summed E-state index contributed by atoms with van der Waals surface area (Å²) in [7, 11) is 1.94. The highest BCUT2D eigenvalue weighted by atomic mass is 15.3. The summed E-state index contributed by atoms with van der Waals surface area (Å²) >= 11 is 0. The molecule has 0 aromatic carbocycles. The van der Waals surface area contributed by atoms with Crippen LogP contribution in [-0.4, -0.2) is 28.3 Å². The summed E-state index contributed by atoms with van der Waals surface area (Å²) < 4.78 is 1.86. The van der Waals surface area contributed by atoms with Crippen molar-refractivity contribution in [3.05, 3.63) is 18.0 Å². The SMILES string of the molecule is CCCCCC(C)NC(=NCc1ccnn1C)NCC. The molecule has 2 N–H and O–H groups in total. The fourth-order valence-electron chi connectivity index (χ4n) is 2.04. The van der Waals surface area contributed by atoms with Crippen LogP contribution in [0.2, 0.25) is 0 Å². The Hall–Kier alpha value is -1.52. The van der Waals surface area contributed by atoms with E-state index in [9.17, 15) is 0 Å². The Balaban J connectivity index is 2.48. The molecular formula is C15H29N5. The molecule has 0 aliphatic carbocycles. The van der Waals surface area contributed by atoms with E-state index in [-0.39, 0.29) is 0 Å². The molecule has 1 rings (SSSR count). The molecule has 0 fully saturated rings. The third kappa shape index (κ3) is 6.08. The summed E-state index contributed by atoms with van der Waals surface area (Å²) in [5, 5.41) is 10.9. The zero-order chi connectivity index (χ0) is 14.8. The zero-order valence-electron chi connectivity index (χ0n) is 13.3. The normalized spacial score (nSPS) is 13.3. The minimum atomic E-state index is 0.450. The van der Waals surface area contributed by atoms with E-state index in [2.05, 4.69) is 41.5 Å². The van der Waals surface area contributed by atoms with Crippen LogP contribution < -0.4 is 10.6 Å². The molecule has 0 saturated carbocycles. The number of unbranched alkanes of at least 4 members (excludes halogenated alkanes) is 2. The molecule has 0 bridgehead atoms. The number of aliphatic imine (C=N–C) groups is 1. The second-order valence-corrected chi connectivity index (χ2v) is 5.18. The molecule has 0 amide bonds. The molecule has 1 heterocycles. The lowest BCUT2D eigenvalue weighted by molar-refractivity contribution is 0.546. The number of rotatable bonds is 8. The molecule has 1 unspecified atom stereocenters. The Labute approximate surface area is 122 Å². The molecule has 5 heteroatoms. The minimum Gasteiger partial charge on any atom is -0.357 e. The summed E-state index contributed by atoms with van der Waals surface area (Å²) in [4.78, 5) is 4.62. The van der Waals surface area contributed by atoms with E-state index in [1.807, 2.05) is 17.8 Å². The van der Waals surface area contributed by atoms with Crippen LogP contribution in [0, 0.1) is 0 Å². The Bertz CT molecular complexity index is 397. The molecule has 0 aliphatic heterocycles. The average Bonchev–Trinajstić information content (AvgIpc) is 2.82. The van der Waals surface area contributed by atoms with Gasteiger partial charge in [0, 0.05) is 25.8 Å². The Morgan fingerprint density at radius 1 is 1.40 bits per heavy atom. The van der Waals surface area contributed by atoms with Crippen molar-refractivity contribution >= 4 is 5.96 Å². The van der Waals surface area contributed by atoms with Crippen molar-refractivity contribution in [2.45, 2.75) is 59.0 Å². The Morgan fingerprint density at radius 3 is 2.80 bits per heavy atom. The molecule has 1 aromatic heterocycles. The van der Waals surface area contributed by atoms with Crippen LogP contribution in [-0.2, 0) is 13.6 Å². The van der Waals surface area contributed by atoms with Crippen molar-refractivity contribution in [3.8, 4) is 0 Å². The molecule has 0 radical (unpaired) electrons. The molecule has 0 saturated heterocycles. The van der Waals surface area contributed by atoms with Gasteiger partial charge < -0.3 is 10.6 Å². The highest BCUT2D eigenvalue weighted by molar-refractivity contribution is 5.79. The summed E-state index contributed by atoms with van der Waals surface area (Å²) in [6, 6.07) is 2.45. The van der Waals surface area contributed by atoms with Crippen LogP contribution >= 0.6 is 0 Å². The smallest absolute Gasteiger partial charge is 0.191 e. The summed E-state index contributed by atoms with van der Waals surface area (Å²) in [6.07, 6.45) is 6.82. The number of guanidine groups is 1. The number of hydrogen-bond acceptors (Lipinski definition) is 2. The van der Waals surface area contributed by atoms with Crippen LogP contribution in [0.1, 0.15) is 52.1 Å². The lowest BCUT2D eigenvalue weighted by Gasteiger charge is -2.17. The van der Waals surface area contributed by atoms with Gasteiger partial charge in [-0.3, -0.25) is 4.68 Å². The van der Waals surface area contributed by atoms with Gasteiger partial charge in [-0.05, 0) is 26.3 Å². The largest absolute Gasteiger partial charge is 0.357 e. The van der Waals surface area contributed by atoms with Crippen LogP contribution in [0.15, 0.2) is 17.3 Å². The van der Waals surface area contributed by atoms with Gasteiger partial charge in [0.1, 0.15) is 0 Å². The van der Waals surface area contributed by atoms with E-state index in [1.165, 1.54) is 25.7 Å². The van der Waals surface area contributed by atoms with Crippen molar-refractivity contribution in [2.24, 2.45) is 12.0 Å². The van der Waals surface area contributed by atoms with Crippen molar-refractivity contribution in [1.29, 1.82) is 0 Å². The first-order valence-electron chi connectivity index (χ1n) is 7.69. The maximum absolute atomic E-state index is 4.62. The van der Waals surface area contributed by atoms with E-state index in [0.29, 0.717) is 12.6 Å². The third-order valence-electron chi connectivity index (χ3n) is 3.29. The average molecular weight is 279 g/mol. The van der Waals surface area contributed by atoms with Gasteiger partial charge in [0.15, 0.2) is 5.96 Å². The zero-order valence-corrected chi connectivity index (χ0v) is 13.3. The predicted molar refractivity (Wildman–Crippen MR) is 84.8 cm³/mol. The van der Waals surface area contributed by atoms with E-state index in [0.717, 1.165) is 18.2 Å². The second-order valence-electron chi connectivity index (χ2n) is 5.18. The standard InChI is InChI=1S/C15H29N5/c1-5-7-8-9-13(3)19-15(16-6-2)17-12-14-10-11-18-20(14)4/h10-11,13H,5-9,12H2,1-4H3,(H2,16,17,19). The van der Waals surface area contributed by atoms with Gasteiger partial charge in [0.05, 0.1) is 12.2 Å². The fourth-order valence-corrected chi connectivity index (χ4v) is 2.04. The number of nitrogens with one attached hydrogen (secondary N) is 2. The summed E-state index contributed by atoms with van der Waals surface area (Å²) in [5.74, 6) is 0.887. The quantitative estimate of drug-likeness (QED) is 0.436. The van der Waals surface area contributed by atoms with Gasteiger partial charge >= 0.3 is 0 Å². The molecule has 114 valence electrons. The van der Waals surface area contributed by atoms with E-state index >= 15 is 0 Å². The van der Waals surface area contributed by atoms with E-state index in [1.54, 1.807) is 6.20 Å². The Morgan fingerprint density at radius 2 is 2.20 bits per heavy atom. The number of nitrogens with zero attached hydrogens (tertiary/aromatic N) is 3. The monoisotopic (exact) mass is 279 g/mol. The van der Waals surface area contributed by atoms with Crippen molar-refractivity contribution in [1.82, 2.24) is 20.4 Å². The van der Waals surface area contributed by atoms with Gasteiger partial charge in [-0.25, -0.2) is 4.99 Å².